The van der Waals surface area contributed by atoms with Crippen molar-refractivity contribution in [1.82, 2.24) is 0 Å². The molecule has 2 heteroatoms. The van der Waals surface area contributed by atoms with E-state index >= 15 is 0 Å². The maximum atomic E-state index is 10.8. The Morgan fingerprint density at radius 2 is 1.85 bits per heavy atom. The molecule has 0 radical (unpaired) electrons. The summed E-state index contributed by atoms with van der Waals surface area (Å²) in [5, 5.41) is 10.8. The Labute approximate surface area is 91.7 Å². The van der Waals surface area contributed by atoms with Gasteiger partial charge in [0, 0.05) is 0 Å². The smallest absolute Gasteiger partial charge is 0.876 e. The predicted molar refractivity (Wildman–Crippen MR) is 48.6 cm³/mol. The van der Waals surface area contributed by atoms with E-state index in [1.54, 1.807) is 13.0 Å². The van der Waals surface area contributed by atoms with Gasteiger partial charge in [0.2, 0.25) is 0 Å². The first-order chi connectivity index (χ1) is 5.70. The van der Waals surface area contributed by atoms with Crippen LogP contribution in [-0.2, 0) is 0 Å². The largest absolute Gasteiger partial charge is 1.00 e. The van der Waals surface area contributed by atoms with Gasteiger partial charge in [-0.3, -0.25) is 0 Å². The van der Waals surface area contributed by atoms with Gasteiger partial charge in [-0.25, -0.2) is 0 Å². The summed E-state index contributed by atoms with van der Waals surface area (Å²) in [6.07, 6.45) is 1.73. The molecule has 0 saturated heterocycles. The minimum absolute atomic E-state index is 0. The van der Waals surface area contributed by atoms with Crippen LogP contribution in [0, 0.1) is 0 Å². The fraction of sp³-hybridized carbons (Fsp3) is 0.273. The SMILES string of the molecule is C/C([O-])=C/C(C)c1ccccc1.[Li+]. The molecule has 0 bridgehead atoms. The molecule has 0 fully saturated rings. The zero-order valence-corrected chi connectivity index (χ0v) is 8.45. The molecule has 0 heterocycles. The van der Waals surface area contributed by atoms with Gasteiger partial charge in [0.1, 0.15) is 0 Å². The van der Waals surface area contributed by atoms with E-state index in [1.165, 1.54) is 5.56 Å². The van der Waals surface area contributed by atoms with Crippen molar-refractivity contribution >= 4 is 0 Å². The van der Waals surface area contributed by atoms with Crippen LogP contribution in [-0.4, -0.2) is 0 Å². The summed E-state index contributed by atoms with van der Waals surface area (Å²) >= 11 is 0. The Kier molecular flexibility index (Phi) is 5.62. The van der Waals surface area contributed by atoms with Crippen LogP contribution < -0.4 is 24.0 Å². The van der Waals surface area contributed by atoms with E-state index in [2.05, 4.69) is 0 Å². The summed E-state index contributed by atoms with van der Waals surface area (Å²) in [5.74, 6) is 0.357. The molecule has 0 saturated carbocycles. The monoisotopic (exact) mass is 168 g/mol. The molecule has 0 aromatic heterocycles. The molecule has 1 aromatic rings. The first kappa shape index (κ1) is 12.4. The summed E-state index contributed by atoms with van der Waals surface area (Å²) in [7, 11) is 0. The van der Waals surface area contributed by atoms with Gasteiger partial charge in [0.25, 0.3) is 0 Å². The van der Waals surface area contributed by atoms with E-state index in [4.69, 9.17) is 0 Å². The van der Waals surface area contributed by atoms with Crippen molar-refractivity contribution in [2.75, 3.05) is 0 Å². The molecule has 0 N–H and O–H groups in total. The van der Waals surface area contributed by atoms with E-state index < -0.39 is 0 Å². The van der Waals surface area contributed by atoms with Crippen LogP contribution in [0.15, 0.2) is 42.2 Å². The van der Waals surface area contributed by atoms with E-state index in [1.807, 2.05) is 37.3 Å². The van der Waals surface area contributed by atoms with Crippen molar-refractivity contribution in [1.29, 1.82) is 0 Å². The molecule has 1 unspecified atom stereocenters. The van der Waals surface area contributed by atoms with Crippen LogP contribution in [0.1, 0.15) is 25.3 Å². The van der Waals surface area contributed by atoms with Gasteiger partial charge >= 0.3 is 18.9 Å². The van der Waals surface area contributed by atoms with Gasteiger partial charge < -0.3 is 5.11 Å². The average Bonchev–Trinajstić information content (AvgIpc) is 2.05. The molecule has 0 spiro atoms. The molecule has 0 aliphatic heterocycles. The first-order valence-electron chi connectivity index (χ1n) is 4.10. The van der Waals surface area contributed by atoms with Gasteiger partial charge in [-0.2, -0.15) is 0 Å². The molecule has 1 nitrogen and oxygen atoms in total. The fourth-order valence-electron chi connectivity index (χ4n) is 1.20. The predicted octanol–water partition coefficient (Wildman–Crippen LogP) is -0.942. The minimum Gasteiger partial charge on any atom is -0.876 e. The number of hydrogen-bond donors (Lipinski definition) is 0. The van der Waals surface area contributed by atoms with Crippen LogP contribution in [0.4, 0.5) is 0 Å². The standard InChI is InChI=1S/C11H14O.Li/c1-9(8-10(2)12)11-6-4-3-5-7-11;/h3-9,12H,1-2H3;/q;+1/p-1/b10-8-;. The third-order valence-corrected chi connectivity index (χ3v) is 1.81. The molecule has 1 rings (SSSR count). The Bertz CT molecular complexity index is 263. The van der Waals surface area contributed by atoms with Crippen molar-refractivity contribution in [3.63, 3.8) is 0 Å². The normalized spacial score (nSPS) is 13.2. The Morgan fingerprint density at radius 3 is 2.31 bits per heavy atom. The molecule has 1 aromatic carbocycles. The first-order valence-corrected chi connectivity index (χ1v) is 4.10. The number of benzene rings is 1. The third-order valence-electron chi connectivity index (χ3n) is 1.81. The zero-order valence-electron chi connectivity index (χ0n) is 8.45. The van der Waals surface area contributed by atoms with Gasteiger partial charge in [-0.1, -0.05) is 50.3 Å². The van der Waals surface area contributed by atoms with Crippen LogP contribution in [0.5, 0.6) is 0 Å². The molecule has 0 aliphatic rings. The van der Waals surface area contributed by atoms with Gasteiger partial charge in [-0.15, -0.1) is 5.76 Å². The number of allylic oxidation sites excluding steroid dienone is 2. The summed E-state index contributed by atoms with van der Waals surface area (Å²) < 4.78 is 0. The second kappa shape index (κ2) is 5.91. The van der Waals surface area contributed by atoms with E-state index in [-0.39, 0.29) is 30.5 Å². The third kappa shape index (κ3) is 4.22. The maximum Gasteiger partial charge on any atom is 1.00 e. The minimum atomic E-state index is 0. The van der Waals surface area contributed by atoms with Crippen LogP contribution in [0.2, 0.25) is 0 Å². The summed E-state index contributed by atoms with van der Waals surface area (Å²) in [6.45, 7) is 3.61. The van der Waals surface area contributed by atoms with Gasteiger partial charge in [0.15, 0.2) is 0 Å². The topological polar surface area (TPSA) is 23.1 Å². The van der Waals surface area contributed by atoms with E-state index in [9.17, 15) is 5.11 Å². The van der Waals surface area contributed by atoms with E-state index in [0.717, 1.165) is 0 Å². The summed E-state index contributed by atoms with van der Waals surface area (Å²) in [4.78, 5) is 0. The molecule has 64 valence electrons. The van der Waals surface area contributed by atoms with Crippen molar-refractivity contribution in [3.8, 4) is 0 Å². The van der Waals surface area contributed by atoms with Gasteiger partial charge in [0.05, 0.1) is 0 Å². The summed E-state index contributed by atoms with van der Waals surface area (Å²) in [5.41, 5.74) is 1.19. The van der Waals surface area contributed by atoms with Crippen molar-refractivity contribution in [2.24, 2.45) is 0 Å². The number of hydrogen-bond acceptors (Lipinski definition) is 1. The van der Waals surface area contributed by atoms with Crippen LogP contribution in [0.3, 0.4) is 0 Å². The molecular weight excluding hydrogens is 155 g/mol. The Morgan fingerprint density at radius 1 is 1.31 bits per heavy atom. The Hall–Kier alpha value is -0.643. The van der Waals surface area contributed by atoms with Gasteiger partial charge in [-0.05, 0) is 11.5 Å². The van der Waals surface area contributed by atoms with Crippen molar-refractivity contribution in [3.05, 3.63) is 47.7 Å². The number of rotatable bonds is 2. The summed E-state index contributed by atoms with van der Waals surface area (Å²) in [6, 6.07) is 10.0. The fourth-order valence-corrected chi connectivity index (χ4v) is 1.20. The van der Waals surface area contributed by atoms with Crippen LogP contribution >= 0.6 is 0 Å². The zero-order chi connectivity index (χ0) is 8.97. The quantitative estimate of drug-likeness (QED) is 0.413. The second-order valence-electron chi connectivity index (χ2n) is 2.98. The molecular formula is C11H13LiO. The molecule has 13 heavy (non-hydrogen) atoms. The van der Waals surface area contributed by atoms with Crippen LogP contribution in [0.25, 0.3) is 0 Å². The second-order valence-corrected chi connectivity index (χ2v) is 2.98. The maximum absolute atomic E-state index is 10.8. The van der Waals surface area contributed by atoms with Crippen molar-refractivity contribution in [2.45, 2.75) is 19.8 Å². The molecule has 0 amide bonds. The van der Waals surface area contributed by atoms with E-state index in [0.29, 0.717) is 0 Å². The molecule has 1 atom stereocenters. The molecule has 0 aliphatic carbocycles. The van der Waals surface area contributed by atoms with Crippen molar-refractivity contribution < 1.29 is 24.0 Å². The Balaban J connectivity index is 0.00000144. The average molecular weight is 168 g/mol.